The van der Waals surface area contributed by atoms with E-state index in [4.69, 9.17) is 0 Å². The van der Waals surface area contributed by atoms with Crippen LogP contribution in [0.15, 0.2) is 54.6 Å². The summed E-state index contributed by atoms with van der Waals surface area (Å²) in [5.74, 6) is 0.260. The van der Waals surface area contributed by atoms with Gasteiger partial charge < -0.3 is 10.4 Å². The second-order valence-electron chi connectivity index (χ2n) is 7.56. The van der Waals surface area contributed by atoms with E-state index in [0.717, 1.165) is 32.1 Å². The third kappa shape index (κ3) is 4.13. The first-order chi connectivity index (χ1) is 12.1. The average molecular weight is 338 g/mol. The van der Waals surface area contributed by atoms with Gasteiger partial charge in [0.05, 0.1) is 5.60 Å². The molecule has 0 bridgehead atoms. The first-order valence-electron chi connectivity index (χ1n) is 9.63. The third-order valence-corrected chi connectivity index (χ3v) is 5.99. The summed E-state index contributed by atoms with van der Waals surface area (Å²) in [6.45, 7) is 2.17. The van der Waals surface area contributed by atoms with Gasteiger partial charge in [0.25, 0.3) is 0 Å². The summed E-state index contributed by atoms with van der Waals surface area (Å²) < 4.78 is 0. The van der Waals surface area contributed by atoms with Crippen molar-refractivity contribution in [2.75, 3.05) is 7.05 Å². The van der Waals surface area contributed by atoms with Gasteiger partial charge in [0, 0.05) is 12.0 Å². The third-order valence-electron chi connectivity index (χ3n) is 5.99. The van der Waals surface area contributed by atoms with Gasteiger partial charge in [-0.15, -0.1) is 0 Å². The molecule has 0 saturated heterocycles. The van der Waals surface area contributed by atoms with E-state index in [-0.39, 0.29) is 12.0 Å². The van der Waals surface area contributed by atoms with Crippen LogP contribution in [0.2, 0.25) is 0 Å². The minimum Gasteiger partial charge on any atom is -0.390 e. The fourth-order valence-corrected chi connectivity index (χ4v) is 4.55. The van der Waals surface area contributed by atoms with Crippen molar-refractivity contribution in [1.82, 2.24) is 5.32 Å². The van der Waals surface area contributed by atoms with Gasteiger partial charge in [-0.3, -0.25) is 0 Å². The molecule has 3 atom stereocenters. The van der Waals surface area contributed by atoms with E-state index < -0.39 is 5.60 Å². The van der Waals surface area contributed by atoms with Crippen molar-refractivity contribution in [3.63, 3.8) is 0 Å². The maximum atomic E-state index is 11.6. The van der Waals surface area contributed by atoms with Gasteiger partial charge in [-0.05, 0) is 56.3 Å². The molecular weight excluding hydrogens is 306 g/mol. The highest BCUT2D eigenvalue weighted by Crippen LogP contribution is 2.44. The second kappa shape index (κ2) is 8.16. The van der Waals surface area contributed by atoms with Gasteiger partial charge in [0.15, 0.2) is 0 Å². The standard InChI is InChI=1S/C23H31NO/c1-18-10-6-7-13-20(18)22(24-2)21-14-8-9-16-23(21,25)17-15-19-11-4-3-5-12-19/h3-7,10-13,21-22,24-25H,8-9,14-17H2,1-2H3. The van der Waals surface area contributed by atoms with Crippen molar-refractivity contribution in [2.24, 2.45) is 5.92 Å². The van der Waals surface area contributed by atoms with Crippen molar-refractivity contribution in [1.29, 1.82) is 0 Å². The van der Waals surface area contributed by atoms with Crippen LogP contribution in [0.25, 0.3) is 0 Å². The van der Waals surface area contributed by atoms with Gasteiger partial charge in [0.2, 0.25) is 0 Å². The van der Waals surface area contributed by atoms with Crippen LogP contribution in [0.4, 0.5) is 0 Å². The number of benzene rings is 2. The Morgan fingerprint density at radius 3 is 2.52 bits per heavy atom. The number of hydrogen-bond donors (Lipinski definition) is 2. The van der Waals surface area contributed by atoms with Crippen LogP contribution in [-0.4, -0.2) is 17.8 Å². The van der Waals surface area contributed by atoms with Crippen molar-refractivity contribution in [2.45, 2.75) is 57.1 Å². The van der Waals surface area contributed by atoms with Crippen molar-refractivity contribution in [3.8, 4) is 0 Å². The zero-order valence-corrected chi connectivity index (χ0v) is 15.5. The summed E-state index contributed by atoms with van der Waals surface area (Å²) in [6.07, 6.45) is 6.12. The molecule has 2 aromatic rings. The zero-order valence-electron chi connectivity index (χ0n) is 15.5. The highest BCUT2D eigenvalue weighted by Gasteiger charge is 2.43. The lowest BCUT2D eigenvalue weighted by Crippen LogP contribution is -2.47. The molecule has 0 spiro atoms. The lowest BCUT2D eigenvalue weighted by molar-refractivity contribution is -0.0683. The zero-order chi connectivity index (χ0) is 17.7. The Labute approximate surface area is 152 Å². The smallest absolute Gasteiger partial charge is 0.0697 e. The van der Waals surface area contributed by atoms with E-state index in [9.17, 15) is 5.11 Å². The van der Waals surface area contributed by atoms with E-state index in [0.29, 0.717) is 0 Å². The molecule has 25 heavy (non-hydrogen) atoms. The normalized spacial score (nSPS) is 24.8. The largest absolute Gasteiger partial charge is 0.390 e. The van der Waals surface area contributed by atoms with Crippen molar-refractivity contribution < 1.29 is 5.11 Å². The minimum absolute atomic E-state index is 0.210. The highest BCUT2D eigenvalue weighted by atomic mass is 16.3. The molecule has 1 aliphatic carbocycles. The SMILES string of the molecule is CNC(c1ccccc1C)C1CCCCC1(O)CCc1ccccc1. The molecule has 3 unspecified atom stereocenters. The molecule has 134 valence electrons. The van der Waals surface area contributed by atoms with Gasteiger partial charge in [-0.25, -0.2) is 0 Å². The summed E-state index contributed by atoms with van der Waals surface area (Å²) in [5, 5.41) is 15.1. The molecule has 0 aromatic heterocycles. The van der Waals surface area contributed by atoms with E-state index >= 15 is 0 Å². The topological polar surface area (TPSA) is 32.3 Å². The molecule has 2 nitrogen and oxygen atoms in total. The minimum atomic E-state index is -0.593. The summed E-state index contributed by atoms with van der Waals surface area (Å²) in [7, 11) is 2.03. The molecule has 0 radical (unpaired) electrons. The van der Waals surface area contributed by atoms with E-state index in [1.165, 1.54) is 23.1 Å². The number of aryl methyl sites for hydroxylation is 2. The lowest BCUT2D eigenvalue weighted by Gasteiger charge is -2.44. The quantitative estimate of drug-likeness (QED) is 0.793. The highest BCUT2D eigenvalue weighted by molar-refractivity contribution is 5.30. The van der Waals surface area contributed by atoms with E-state index in [1.807, 2.05) is 7.05 Å². The van der Waals surface area contributed by atoms with Gasteiger partial charge >= 0.3 is 0 Å². The molecular formula is C23H31NO. The molecule has 2 heteroatoms. The van der Waals surface area contributed by atoms with Gasteiger partial charge in [-0.1, -0.05) is 67.4 Å². The maximum absolute atomic E-state index is 11.6. The molecule has 3 rings (SSSR count). The Balaban J connectivity index is 1.82. The lowest BCUT2D eigenvalue weighted by atomic mass is 9.67. The Bertz CT molecular complexity index is 669. The summed E-state index contributed by atoms with van der Waals surface area (Å²) >= 11 is 0. The van der Waals surface area contributed by atoms with Crippen LogP contribution < -0.4 is 5.32 Å². The Morgan fingerprint density at radius 2 is 1.80 bits per heavy atom. The molecule has 1 aliphatic rings. The van der Waals surface area contributed by atoms with Crippen molar-refractivity contribution in [3.05, 3.63) is 71.3 Å². The number of nitrogens with one attached hydrogen (secondary N) is 1. The molecule has 1 saturated carbocycles. The summed E-state index contributed by atoms with van der Waals surface area (Å²) in [5.41, 5.74) is 3.36. The van der Waals surface area contributed by atoms with Crippen LogP contribution in [0.5, 0.6) is 0 Å². The molecule has 0 heterocycles. The number of rotatable bonds is 6. The summed E-state index contributed by atoms with van der Waals surface area (Å²) in [4.78, 5) is 0. The van der Waals surface area contributed by atoms with Crippen LogP contribution in [0.3, 0.4) is 0 Å². The van der Waals surface area contributed by atoms with Crippen LogP contribution >= 0.6 is 0 Å². The van der Waals surface area contributed by atoms with Crippen LogP contribution in [0.1, 0.15) is 54.8 Å². The predicted molar refractivity (Wildman–Crippen MR) is 105 cm³/mol. The second-order valence-corrected chi connectivity index (χ2v) is 7.56. The monoisotopic (exact) mass is 337 g/mol. The number of hydrogen-bond acceptors (Lipinski definition) is 2. The Hall–Kier alpha value is -1.64. The first kappa shape index (κ1) is 18.2. The predicted octanol–water partition coefficient (Wildman–Crippen LogP) is 4.81. The number of aliphatic hydroxyl groups is 1. The van der Waals surface area contributed by atoms with E-state index in [2.05, 4.69) is 66.8 Å². The maximum Gasteiger partial charge on any atom is 0.0697 e. The Kier molecular flexibility index (Phi) is 5.93. The molecule has 0 aliphatic heterocycles. The first-order valence-corrected chi connectivity index (χ1v) is 9.63. The molecule has 1 fully saturated rings. The Morgan fingerprint density at radius 1 is 1.08 bits per heavy atom. The van der Waals surface area contributed by atoms with Crippen molar-refractivity contribution >= 4 is 0 Å². The van der Waals surface area contributed by atoms with Crippen LogP contribution in [0, 0.1) is 12.8 Å². The fraction of sp³-hybridized carbons (Fsp3) is 0.478. The summed E-state index contributed by atoms with van der Waals surface area (Å²) in [6, 6.07) is 19.3. The van der Waals surface area contributed by atoms with Gasteiger partial charge in [-0.2, -0.15) is 0 Å². The average Bonchev–Trinajstić information content (AvgIpc) is 2.65. The van der Waals surface area contributed by atoms with E-state index in [1.54, 1.807) is 0 Å². The van der Waals surface area contributed by atoms with Gasteiger partial charge in [0.1, 0.15) is 0 Å². The molecule has 2 N–H and O–H groups in total. The van der Waals surface area contributed by atoms with Crippen LogP contribution in [-0.2, 0) is 6.42 Å². The fourth-order valence-electron chi connectivity index (χ4n) is 4.55. The molecule has 0 amide bonds. The molecule has 2 aromatic carbocycles.